The van der Waals surface area contributed by atoms with Crippen molar-refractivity contribution in [3.05, 3.63) is 91.6 Å². The number of fused-ring (bicyclic) bond motifs is 1. The molecule has 0 bridgehead atoms. The van der Waals surface area contributed by atoms with Crippen LogP contribution in [0.25, 0.3) is 28.0 Å². The van der Waals surface area contributed by atoms with E-state index in [1.165, 1.54) is 0 Å². The average Bonchev–Trinajstić information content (AvgIpc) is 2.74. The Morgan fingerprint density at radius 2 is 1.69 bits per heavy atom. The Morgan fingerprint density at radius 1 is 1.00 bits per heavy atom. The number of hydrazine groups is 1. The SMILES string of the molecule is NNC(=O)c1ccc(-n2c(-c3ccccc3)nc3c(Br)cc(Br)cc3c2=O)cc1. The topological polar surface area (TPSA) is 90.0 Å². The Morgan fingerprint density at radius 3 is 2.34 bits per heavy atom. The molecule has 3 N–H and O–H groups in total. The second-order valence-electron chi connectivity index (χ2n) is 6.25. The molecule has 1 amide bonds. The lowest BCUT2D eigenvalue weighted by molar-refractivity contribution is 0.0953. The van der Waals surface area contributed by atoms with Gasteiger partial charge in [-0.25, -0.2) is 10.8 Å². The van der Waals surface area contributed by atoms with E-state index in [-0.39, 0.29) is 5.56 Å². The molecule has 8 heteroatoms. The summed E-state index contributed by atoms with van der Waals surface area (Å²) in [6.07, 6.45) is 0. The number of carbonyl (C=O) groups is 1. The first-order chi connectivity index (χ1) is 14.0. The van der Waals surface area contributed by atoms with E-state index in [0.717, 1.165) is 14.5 Å². The fourth-order valence-electron chi connectivity index (χ4n) is 3.08. The minimum atomic E-state index is -0.406. The molecule has 0 aliphatic heterocycles. The number of amides is 1. The van der Waals surface area contributed by atoms with Crippen molar-refractivity contribution in [2.75, 3.05) is 0 Å². The fraction of sp³-hybridized carbons (Fsp3) is 0. The molecule has 1 aromatic heterocycles. The van der Waals surface area contributed by atoms with E-state index in [4.69, 9.17) is 10.8 Å². The normalized spacial score (nSPS) is 10.9. The summed E-state index contributed by atoms with van der Waals surface area (Å²) in [6, 6.07) is 19.7. The molecular formula is C21H14Br2N4O2. The van der Waals surface area contributed by atoms with Gasteiger partial charge in [-0.3, -0.25) is 19.6 Å². The number of nitrogens with zero attached hydrogens (tertiary/aromatic N) is 2. The highest BCUT2D eigenvalue weighted by Gasteiger charge is 2.17. The predicted octanol–water partition coefficient (Wildman–Crippen LogP) is 4.18. The fourth-order valence-corrected chi connectivity index (χ4v) is 4.39. The monoisotopic (exact) mass is 512 g/mol. The van der Waals surface area contributed by atoms with Gasteiger partial charge in [0.15, 0.2) is 0 Å². The molecule has 0 spiro atoms. The van der Waals surface area contributed by atoms with Crippen LogP contribution in [0.15, 0.2) is 80.5 Å². The lowest BCUT2D eigenvalue weighted by Gasteiger charge is -2.15. The number of halogens is 2. The summed E-state index contributed by atoms with van der Waals surface area (Å²) in [5.41, 5.74) is 4.24. The van der Waals surface area contributed by atoms with Crippen molar-refractivity contribution >= 4 is 48.7 Å². The number of nitrogen functional groups attached to an aromatic ring is 1. The van der Waals surface area contributed by atoms with Gasteiger partial charge in [0.25, 0.3) is 11.5 Å². The molecule has 0 unspecified atom stereocenters. The number of nitrogens with one attached hydrogen (secondary N) is 1. The van der Waals surface area contributed by atoms with Crippen LogP contribution >= 0.6 is 31.9 Å². The highest BCUT2D eigenvalue weighted by atomic mass is 79.9. The van der Waals surface area contributed by atoms with Crippen LogP contribution in [0, 0.1) is 0 Å². The molecule has 0 aliphatic rings. The smallest absolute Gasteiger partial charge is 0.266 e. The van der Waals surface area contributed by atoms with E-state index in [1.54, 1.807) is 34.9 Å². The molecule has 0 atom stereocenters. The zero-order chi connectivity index (χ0) is 20.5. The summed E-state index contributed by atoms with van der Waals surface area (Å²) in [4.78, 5) is 30.0. The molecule has 6 nitrogen and oxygen atoms in total. The molecular weight excluding hydrogens is 500 g/mol. The maximum absolute atomic E-state index is 13.5. The van der Waals surface area contributed by atoms with Gasteiger partial charge in [0.1, 0.15) is 5.82 Å². The molecule has 4 aromatic rings. The van der Waals surface area contributed by atoms with Gasteiger partial charge in [0.2, 0.25) is 0 Å². The van der Waals surface area contributed by atoms with Gasteiger partial charge < -0.3 is 0 Å². The first-order valence-corrected chi connectivity index (χ1v) is 10.2. The predicted molar refractivity (Wildman–Crippen MR) is 120 cm³/mol. The van der Waals surface area contributed by atoms with Crippen LogP contribution in [0.4, 0.5) is 0 Å². The molecule has 3 aromatic carbocycles. The van der Waals surface area contributed by atoms with Crippen LogP contribution in [0.3, 0.4) is 0 Å². The summed E-state index contributed by atoms with van der Waals surface area (Å²) in [5, 5.41) is 0.467. The standard InChI is InChI=1S/C21H14Br2N4O2/c22-14-10-16-18(17(23)11-14)25-19(12-4-2-1-3-5-12)27(21(16)29)15-8-6-13(7-9-15)20(28)26-24/h1-11H,24H2,(H,26,28). The van der Waals surface area contributed by atoms with E-state index >= 15 is 0 Å². The van der Waals surface area contributed by atoms with Gasteiger partial charge in [0.05, 0.1) is 16.6 Å². The van der Waals surface area contributed by atoms with Crippen molar-refractivity contribution in [2.45, 2.75) is 0 Å². The van der Waals surface area contributed by atoms with Crippen molar-refractivity contribution < 1.29 is 4.79 Å². The van der Waals surface area contributed by atoms with Gasteiger partial charge in [-0.2, -0.15) is 0 Å². The highest BCUT2D eigenvalue weighted by molar-refractivity contribution is 9.11. The Bertz CT molecular complexity index is 1290. The average molecular weight is 514 g/mol. The van der Waals surface area contributed by atoms with E-state index in [0.29, 0.717) is 28.0 Å². The van der Waals surface area contributed by atoms with Gasteiger partial charge in [-0.05, 0) is 52.3 Å². The number of hydrogen-bond donors (Lipinski definition) is 2. The lowest BCUT2D eigenvalue weighted by atomic mass is 10.1. The van der Waals surface area contributed by atoms with Crippen molar-refractivity contribution in [2.24, 2.45) is 5.84 Å². The van der Waals surface area contributed by atoms with Crippen LogP contribution in [0.2, 0.25) is 0 Å². The second-order valence-corrected chi connectivity index (χ2v) is 8.02. The van der Waals surface area contributed by atoms with Crippen LogP contribution in [-0.4, -0.2) is 15.5 Å². The molecule has 144 valence electrons. The van der Waals surface area contributed by atoms with Gasteiger partial charge in [-0.15, -0.1) is 0 Å². The van der Waals surface area contributed by atoms with Crippen LogP contribution in [0.1, 0.15) is 10.4 Å². The first-order valence-electron chi connectivity index (χ1n) is 8.58. The molecule has 0 saturated heterocycles. The Kier molecular flexibility index (Phi) is 5.31. The minimum Gasteiger partial charge on any atom is -0.290 e. The molecule has 1 heterocycles. The third-order valence-corrected chi connectivity index (χ3v) is 5.50. The minimum absolute atomic E-state index is 0.216. The van der Waals surface area contributed by atoms with Crippen molar-refractivity contribution in [1.29, 1.82) is 0 Å². The number of nitrogens with two attached hydrogens (primary N) is 1. The number of carbonyl (C=O) groups excluding carboxylic acids is 1. The molecule has 4 rings (SSSR count). The van der Waals surface area contributed by atoms with E-state index < -0.39 is 5.91 Å². The Balaban J connectivity index is 2.05. The number of benzene rings is 3. The van der Waals surface area contributed by atoms with Gasteiger partial charge in [-0.1, -0.05) is 46.3 Å². The first kappa shape index (κ1) is 19.5. The van der Waals surface area contributed by atoms with Crippen molar-refractivity contribution in [3.63, 3.8) is 0 Å². The largest absolute Gasteiger partial charge is 0.290 e. The number of hydrogen-bond acceptors (Lipinski definition) is 4. The van der Waals surface area contributed by atoms with E-state index in [1.807, 2.05) is 36.4 Å². The summed E-state index contributed by atoms with van der Waals surface area (Å²) >= 11 is 6.94. The maximum Gasteiger partial charge on any atom is 0.266 e. The summed E-state index contributed by atoms with van der Waals surface area (Å²) in [6.45, 7) is 0. The second kappa shape index (κ2) is 7.90. The quantitative estimate of drug-likeness (QED) is 0.244. The van der Waals surface area contributed by atoms with Crippen LogP contribution in [-0.2, 0) is 0 Å². The van der Waals surface area contributed by atoms with Crippen LogP contribution in [0.5, 0.6) is 0 Å². The third-order valence-electron chi connectivity index (χ3n) is 4.44. The molecule has 29 heavy (non-hydrogen) atoms. The molecule has 0 fully saturated rings. The van der Waals surface area contributed by atoms with Gasteiger partial charge in [0, 0.05) is 20.1 Å². The maximum atomic E-state index is 13.5. The van der Waals surface area contributed by atoms with E-state index in [2.05, 4.69) is 37.3 Å². The Labute approximate surface area is 182 Å². The lowest BCUT2D eigenvalue weighted by Crippen LogP contribution is -2.30. The van der Waals surface area contributed by atoms with Crippen LogP contribution < -0.4 is 16.8 Å². The van der Waals surface area contributed by atoms with Crippen molar-refractivity contribution in [3.8, 4) is 17.1 Å². The molecule has 0 aliphatic carbocycles. The number of aromatic nitrogens is 2. The zero-order valence-corrected chi connectivity index (χ0v) is 18.1. The highest BCUT2D eigenvalue weighted by Crippen LogP contribution is 2.29. The molecule has 0 saturated carbocycles. The molecule has 0 radical (unpaired) electrons. The summed E-state index contributed by atoms with van der Waals surface area (Å²) in [7, 11) is 0. The zero-order valence-electron chi connectivity index (χ0n) is 14.9. The van der Waals surface area contributed by atoms with Gasteiger partial charge >= 0.3 is 0 Å². The van der Waals surface area contributed by atoms with Crippen molar-refractivity contribution in [1.82, 2.24) is 15.0 Å². The Hall–Kier alpha value is -2.81. The summed E-state index contributed by atoms with van der Waals surface area (Å²) < 4.78 is 3.03. The van der Waals surface area contributed by atoms with E-state index in [9.17, 15) is 9.59 Å². The third kappa shape index (κ3) is 3.62. The summed E-state index contributed by atoms with van der Waals surface area (Å²) in [5.74, 6) is 5.29. The number of rotatable bonds is 3.